The predicted octanol–water partition coefficient (Wildman–Crippen LogP) is 0.267. The first-order chi connectivity index (χ1) is 6.32. The first-order valence-corrected chi connectivity index (χ1v) is 3.51. The molecule has 0 rings (SSSR count). The molecule has 0 saturated heterocycles. The van der Waals surface area contributed by atoms with Crippen LogP contribution in [0, 0.1) is 0 Å². The van der Waals surface area contributed by atoms with Crippen molar-refractivity contribution < 1.29 is 22.8 Å². The largest absolute Gasteiger partial charge is 0.431 e. The van der Waals surface area contributed by atoms with E-state index in [0.29, 0.717) is 11.0 Å². The lowest BCUT2D eigenvalue weighted by Crippen LogP contribution is -2.29. The van der Waals surface area contributed by atoms with E-state index in [2.05, 4.69) is 0 Å². The summed E-state index contributed by atoms with van der Waals surface area (Å²) in [6, 6.07) is 0. The fourth-order valence-electron chi connectivity index (χ4n) is 0.573. The van der Waals surface area contributed by atoms with Crippen LogP contribution in [-0.4, -0.2) is 37.5 Å². The van der Waals surface area contributed by atoms with Crippen LogP contribution in [0.5, 0.6) is 0 Å². The number of amides is 2. The molecule has 0 aliphatic rings. The summed E-state index contributed by atoms with van der Waals surface area (Å²) in [5, 5.41) is 1.82. The van der Waals surface area contributed by atoms with E-state index >= 15 is 0 Å². The number of halogens is 3. The van der Waals surface area contributed by atoms with Gasteiger partial charge >= 0.3 is 6.18 Å². The minimum absolute atomic E-state index is 0.127. The number of nitrogens with zero attached hydrogens (tertiary/aromatic N) is 1. The van der Waals surface area contributed by atoms with Crippen molar-refractivity contribution in [1.82, 2.24) is 10.2 Å². The zero-order valence-corrected chi connectivity index (χ0v) is 7.55. The molecule has 0 aliphatic carbocycles. The Morgan fingerprint density at radius 3 is 2.21 bits per heavy atom. The van der Waals surface area contributed by atoms with Crippen molar-refractivity contribution in [3.63, 3.8) is 0 Å². The van der Waals surface area contributed by atoms with E-state index < -0.39 is 17.8 Å². The third kappa shape index (κ3) is 3.46. The van der Waals surface area contributed by atoms with Gasteiger partial charge in [0, 0.05) is 20.2 Å². The molecule has 4 nitrogen and oxygen atoms in total. The molecular weight excluding hydrogens is 201 g/mol. The summed E-state index contributed by atoms with van der Waals surface area (Å²) in [6.07, 6.45) is -4.19. The number of imide groups is 1. The third-order valence-corrected chi connectivity index (χ3v) is 1.35. The molecule has 0 aromatic heterocycles. The highest BCUT2D eigenvalue weighted by Crippen LogP contribution is 2.22. The molecule has 0 bridgehead atoms. The third-order valence-electron chi connectivity index (χ3n) is 1.35. The summed E-state index contributed by atoms with van der Waals surface area (Å²) in [4.78, 5) is 21.4. The van der Waals surface area contributed by atoms with Gasteiger partial charge in [0.15, 0.2) is 0 Å². The van der Waals surface area contributed by atoms with Crippen molar-refractivity contribution in [2.24, 2.45) is 0 Å². The molecule has 1 N–H and O–H groups in total. The molecule has 0 aliphatic heterocycles. The van der Waals surface area contributed by atoms with E-state index in [1.807, 2.05) is 5.32 Å². The van der Waals surface area contributed by atoms with Crippen LogP contribution < -0.4 is 5.32 Å². The highest BCUT2D eigenvalue weighted by Gasteiger charge is 2.33. The fraction of sp³-hybridized carbons (Fsp3) is 0.429. The van der Waals surface area contributed by atoms with Gasteiger partial charge in [-0.15, -0.1) is 0 Å². The summed E-state index contributed by atoms with van der Waals surface area (Å²) >= 11 is 0. The number of carbonyl (C=O) groups excluding carboxylic acids is 2. The second-order valence-corrected chi connectivity index (χ2v) is 2.36. The van der Waals surface area contributed by atoms with E-state index in [4.69, 9.17) is 0 Å². The van der Waals surface area contributed by atoms with Crippen molar-refractivity contribution in [1.29, 1.82) is 0 Å². The van der Waals surface area contributed by atoms with Gasteiger partial charge in [-0.2, -0.15) is 13.2 Å². The lowest BCUT2D eigenvalue weighted by atomic mass is 10.3. The van der Waals surface area contributed by atoms with Gasteiger partial charge in [-0.05, 0) is 0 Å². The summed E-state index contributed by atoms with van der Waals surface area (Å²) < 4.78 is 36.2. The Morgan fingerprint density at radius 1 is 1.43 bits per heavy atom. The first kappa shape index (κ1) is 12.5. The van der Waals surface area contributed by atoms with Gasteiger partial charge in [0.05, 0.1) is 0 Å². The Kier molecular flexibility index (Phi) is 4.13. The molecule has 80 valence electrons. The summed E-state index contributed by atoms with van der Waals surface area (Å²) in [5.41, 5.74) is -1.20. The number of alkyl halides is 3. The summed E-state index contributed by atoms with van der Waals surface area (Å²) in [7, 11) is 2.10. The molecule has 0 unspecified atom stereocenters. The molecule has 0 saturated carbocycles. The van der Waals surface area contributed by atoms with Crippen LogP contribution in [0.2, 0.25) is 0 Å². The topological polar surface area (TPSA) is 49.4 Å². The average molecular weight is 210 g/mol. The zero-order valence-electron chi connectivity index (χ0n) is 7.55. The highest BCUT2D eigenvalue weighted by atomic mass is 19.4. The van der Waals surface area contributed by atoms with Crippen molar-refractivity contribution in [2.45, 2.75) is 6.18 Å². The monoisotopic (exact) mass is 210 g/mol. The number of allylic oxidation sites excluding steroid dienone is 1. The van der Waals surface area contributed by atoms with E-state index in [1.54, 1.807) is 0 Å². The normalized spacial score (nSPS) is 12.2. The quantitative estimate of drug-likeness (QED) is 0.537. The zero-order chi connectivity index (χ0) is 11.4. The second-order valence-electron chi connectivity index (χ2n) is 2.36. The maximum Gasteiger partial charge on any atom is 0.431 e. The van der Waals surface area contributed by atoms with Gasteiger partial charge in [0.1, 0.15) is 5.70 Å². The van der Waals surface area contributed by atoms with Gasteiger partial charge in [-0.3, -0.25) is 14.5 Å². The van der Waals surface area contributed by atoms with Gasteiger partial charge in [-0.1, -0.05) is 0 Å². The molecule has 0 atom stereocenters. The van der Waals surface area contributed by atoms with E-state index in [1.165, 1.54) is 0 Å². The Balaban J connectivity index is 4.77. The Hall–Kier alpha value is -1.53. The molecule has 0 fully saturated rings. The maximum atomic E-state index is 12.1. The van der Waals surface area contributed by atoms with Crippen LogP contribution in [0.15, 0.2) is 11.8 Å². The second kappa shape index (κ2) is 4.64. The summed E-state index contributed by atoms with van der Waals surface area (Å²) in [5.74, 6) is -1.04. The van der Waals surface area contributed by atoms with Crippen molar-refractivity contribution in [2.75, 3.05) is 14.1 Å². The number of nitrogens with one attached hydrogen (secondary N) is 1. The predicted molar refractivity (Wildman–Crippen MR) is 42.0 cm³/mol. The lowest BCUT2D eigenvalue weighted by molar-refractivity contribution is -0.133. The van der Waals surface area contributed by atoms with E-state index in [9.17, 15) is 22.8 Å². The van der Waals surface area contributed by atoms with Gasteiger partial charge in [-0.25, -0.2) is 0 Å². The lowest BCUT2D eigenvalue weighted by Gasteiger charge is -2.11. The van der Waals surface area contributed by atoms with Crippen LogP contribution in [0.1, 0.15) is 0 Å². The number of likely N-dealkylation sites (N-methyl/N-ethyl adjacent to an activating group) is 1. The van der Waals surface area contributed by atoms with Crippen LogP contribution in [0.4, 0.5) is 13.2 Å². The van der Waals surface area contributed by atoms with Gasteiger partial charge < -0.3 is 5.32 Å². The number of hydrogen-bond donors (Lipinski definition) is 1. The molecule has 0 aromatic rings. The van der Waals surface area contributed by atoms with Crippen LogP contribution in [0.25, 0.3) is 0 Å². The first-order valence-electron chi connectivity index (χ1n) is 3.51. The standard InChI is InChI=1S/C7H9F3N2O2/c1-11-5(7(8,9)10)3-6(14)12(2)4-13/h3-4,11H,1-2H3/b5-3-. The van der Waals surface area contributed by atoms with Crippen LogP contribution in [-0.2, 0) is 9.59 Å². The SMILES string of the molecule is CN/C(=C\C(=O)N(C)C=O)C(F)(F)F. The van der Waals surface area contributed by atoms with Crippen molar-refractivity contribution in [3.05, 3.63) is 11.8 Å². The fourth-order valence-corrected chi connectivity index (χ4v) is 0.573. The molecule has 0 spiro atoms. The number of hydrogen-bond acceptors (Lipinski definition) is 3. The Labute approximate surface area is 78.4 Å². The van der Waals surface area contributed by atoms with E-state index in [0.717, 1.165) is 14.1 Å². The molecular formula is C7H9F3N2O2. The minimum atomic E-state index is -4.63. The van der Waals surface area contributed by atoms with Crippen molar-refractivity contribution >= 4 is 12.3 Å². The van der Waals surface area contributed by atoms with Gasteiger partial charge in [0.2, 0.25) is 6.41 Å². The van der Waals surface area contributed by atoms with Crippen molar-refractivity contribution in [3.8, 4) is 0 Å². The Bertz CT molecular complexity index is 260. The van der Waals surface area contributed by atoms with Gasteiger partial charge in [0.25, 0.3) is 5.91 Å². The van der Waals surface area contributed by atoms with E-state index in [-0.39, 0.29) is 6.41 Å². The molecule has 0 heterocycles. The van der Waals surface area contributed by atoms with Crippen LogP contribution in [0.3, 0.4) is 0 Å². The Morgan fingerprint density at radius 2 is 1.93 bits per heavy atom. The molecule has 2 amide bonds. The minimum Gasteiger partial charge on any atom is -0.384 e. The molecule has 7 heteroatoms. The maximum absolute atomic E-state index is 12.1. The highest BCUT2D eigenvalue weighted by molar-refractivity contribution is 5.94. The molecule has 14 heavy (non-hydrogen) atoms. The summed E-state index contributed by atoms with van der Waals surface area (Å²) in [6.45, 7) is 0. The number of rotatable bonds is 3. The van der Waals surface area contributed by atoms with Crippen LogP contribution >= 0.6 is 0 Å². The average Bonchev–Trinajstić information content (AvgIpc) is 2.10. The molecule has 0 aromatic carbocycles. The molecule has 0 radical (unpaired) electrons. The number of carbonyl (C=O) groups is 2. The smallest absolute Gasteiger partial charge is 0.384 e.